The van der Waals surface area contributed by atoms with Crippen LogP contribution < -0.4 is 4.98 Å². The summed E-state index contributed by atoms with van der Waals surface area (Å²) in [6, 6.07) is 0. The van der Waals surface area contributed by atoms with E-state index >= 15 is 0 Å². The van der Waals surface area contributed by atoms with Crippen LogP contribution in [0.25, 0.3) is 0 Å². The molecule has 0 aromatic carbocycles. The molecule has 0 aliphatic heterocycles. The van der Waals surface area contributed by atoms with Crippen LogP contribution in [-0.2, 0) is 0 Å². The standard InChI is InChI=1S/C7H17NSi/c1-7(8-9)5-3-2-4-6-7/h8H,2-6H2,1,9H3. The Kier molecular flexibility index (Phi) is 2.30. The van der Waals surface area contributed by atoms with Crippen LogP contribution in [0.1, 0.15) is 39.0 Å². The molecule has 9 heavy (non-hydrogen) atoms. The van der Waals surface area contributed by atoms with Crippen LogP contribution in [0.15, 0.2) is 0 Å². The molecule has 54 valence electrons. The van der Waals surface area contributed by atoms with Gasteiger partial charge in [-0.15, -0.1) is 0 Å². The third-order valence-corrected chi connectivity index (χ3v) is 3.77. The predicted octanol–water partition coefficient (Wildman–Crippen LogP) is 0.579. The first-order valence-electron chi connectivity index (χ1n) is 3.96. The minimum Gasteiger partial charge on any atom is -0.340 e. The molecule has 0 saturated heterocycles. The van der Waals surface area contributed by atoms with Crippen LogP contribution in [0.3, 0.4) is 0 Å². The van der Waals surface area contributed by atoms with Gasteiger partial charge < -0.3 is 4.98 Å². The summed E-state index contributed by atoms with van der Waals surface area (Å²) in [5.41, 5.74) is 0.532. The smallest absolute Gasteiger partial charge is 0.0755 e. The summed E-state index contributed by atoms with van der Waals surface area (Å²) in [7, 11) is 1.15. The monoisotopic (exact) mass is 143 g/mol. The quantitative estimate of drug-likeness (QED) is 0.530. The fourth-order valence-electron chi connectivity index (χ4n) is 1.58. The summed E-state index contributed by atoms with van der Waals surface area (Å²) in [6.07, 6.45) is 7.13. The average molecular weight is 143 g/mol. The molecule has 0 amide bonds. The fourth-order valence-corrected chi connectivity index (χ4v) is 2.08. The van der Waals surface area contributed by atoms with Crippen molar-refractivity contribution in [3.63, 3.8) is 0 Å². The van der Waals surface area contributed by atoms with E-state index in [4.69, 9.17) is 0 Å². The Labute approximate surface area is 60.7 Å². The first kappa shape index (κ1) is 7.29. The van der Waals surface area contributed by atoms with E-state index in [1.165, 1.54) is 32.1 Å². The predicted molar refractivity (Wildman–Crippen MR) is 44.6 cm³/mol. The van der Waals surface area contributed by atoms with Crippen molar-refractivity contribution in [3.8, 4) is 0 Å². The van der Waals surface area contributed by atoms with Gasteiger partial charge in [-0.25, -0.2) is 0 Å². The summed E-state index contributed by atoms with van der Waals surface area (Å²) in [6.45, 7) is 2.36. The van der Waals surface area contributed by atoms with Crippen molar-refractivity contribution in [2.24, 2.45) is 0 Å². The zero-order valence-electron chi connectivity index (χ0n) is 6.54. The molecule has 1 nitrogen and oxygen atoms in total. The molecule has 0 radical (unpaired) electrons. The molecular weight excluding hydrogens is 126 g/mol. The van der Waals surface area contributed by atoms with Crippen molar-refractivity contribution in [3.05, 3.63) is 0 Å². The van der Waals surface area contributed by atoms with E-state index in [-0.39, 0.29) is 0 Å². The molecule has 1 rings (SSSR count). The van der Waals surface area contributed by atoms with Crippen LogP contribution >= 0.6 is 0 Å². The van der Waals surface area contributed by atoms with E-state index in [0.29, 0.717) is 5.54 Å². The van der Waals surface area contributed by atoms with Crippen LogP contribution in [0.2, 0.25) is 0 Å². The van der Waals surface area contributed by atoms with E-state index in [9.17, 15) is 0 Å². The molecule has 0 heterocycles. The Morgan fingerprint density at radius 2 is 1.78 bits per heavy atom. The van der Waals surface area contributed by atoms with Crippen molar-refractivity contribution in [2.75, 3.05) is 0 Å². The number of rotatable bonds is 1. The molecule has 1 saturated carbocycles. The Morgan fingerprint density at radius 1 is 1.22 bits per heavy atom. The number of nitrogens with one attached hydrogen (secondary N) is 1. The van der Waals surface area contributed by atoms with Crippen LogP contribution in [-0.4, -0.2) is 15.9 Å². The Balaban J connectivity index is 2.37. The second kappa shape index (κ2) is 2.84. The molecule has 0 atom stereocenters. The summed E-state index contributed by atoms with van der Waals surface area (Å²) in [5, 5.41) is 0. The Morgan fingerprint density at radius 3 is 2.11 bits per heavy atom. The van der Waals surface area contributed by atoms with Gasteiger partial charge in [-0.2, -0.15) is 0 Å². The largest absolute Gasteiger partial charge is 0.340 e. The van der Waals surface area contributed by atoms with Crippen molar-refractivity contribution in [2.45, 2.75) is 44.6 Å². The highest BCUT2D eigenvalue weighted by atomic mass is 28.2. The van der Waals surface area contributed by atoms with Gasteiger partial charge in [0.05, 0.1) is 10.4 Å². The maximum absolute atomic E-state index is 3.52. The molecule has 0 aromatic heterocycles. The molecule has 0 unspecified atom stereocenters. The van der Waals surface area contributed by atoms with Gasteiger partial charge >= 0.3 is 0 Å². The normalized spacial score (nSPS) is 26.3. The highest BCUT2D eigenvalue weighted by molar-refractivity contribution is 6.04. The van der Waals surface area contributed by atoms with Gasteiger partial charge in [0.1, 0.15) is 0 Å². The van der Waals surface area contributed by atoms with Gasteiger partial charge in [-0.05, 0) is 19.8 Å². The summed E-state index contributed by atoms with van der Waals surface area (Å²) >= 11 is 0. The highest BCUT2D eigenvalue weighted by Crippen LogP contribution is 2.26. The lowest BCUT2D eigenvalue weighted by atomic mass is 9.84. The van der Waals surface area contributed by atoms with Gasteiger partial charge in [-0.3, -0.25) is 0 Å². The number of hydrogen-bond acceptors (Lipinski definition) is 1. The lowest BCUT2D eigenvalue weighted by Gasteiger charge is -2.33. The zero-order chi connectivity index (χ0) is 6.74. The minimum absolute atomic E-state index is 0.532. The molecule has 0 spiro atoms. The van der Waals surface area contributed by atoms with Crippen molar-refractivity contribution >= 4 is 10.4 Å². The van der Waals surface area contributed by atoms with E-state index < -0.39 is 0 Å². The summed E-state index contributed by atoms with van der Waals surface area (Å²) in [4.78, 5) is 3.52. The molecular formula is C7H17NSi. The third-order valence-electron chi connectivity index (χ3n) is 2.56. The van der Waals surface area contributed by atoms with Gasteiger partial charge in [0.2, 0.25) is 0 Å². The van der Waals surface area contributed by atoms with E-state index in [1.807, 2.05) is 0 Å². The van der Waals surface area contributed by atoms with E-state index in [2.05, 4.69) is 11.9 Å². The zero-order valence-corrected chi connectivity index (χ0v) is 8.54. The lowest BCUT2D eigenvalue weighted by Crippen LogP contribution is -2.42. The molecule has 1 aliphatic rings. The molecule has 0 aromatic rings. The van der Waals surface area contributed by atoms with Crippen molar-refractivity contribution in [1.82, 2.24) is 4.98 Å². The van der Waals surface area contributed by atoms with Crippen LogP contribution in [0, 0.1) is 0 Å². The molecule has 2 heteroatoms. The van der Waals surface area contributed by atoms with Gasteiger partial charge in [0.25, 0.3) is 0 Å². The topological polar surface area (TPSA) is 12.0 Å². The van der Waals surface area contributed by atoms with Crippen molar-refractivity contribution < 1.29 is 0 Å². The van der Waals surface area contributed by atoms with Crippen molar-refractivity contribution in [1.29, 1.82) is 0 Å². The summed E-state index contributed by atoms with van der Waals surface area (Å²) in [5.74, 6) is 0. The highest BCUT2D eigenvalue weighted by Gasteiger charge is 2.23. The maximum Gasteiger partial charge on any atom is 0.0755 e. The molecule has 0 bridgehead atoms. The second-order valence-corrected chi connectivity index (χ2v) is 3.87. The third kappa shape index (κ3) is 1.80. The van der Waals surface area contributed by atoms with Gasteiger partial charge in [0, 0.05) is 5.54 Å². The van der Waals surface area contributed by atoms with Gasteiger partial charge in [-0.1, -0.05) is 19.3 Å². The molecule has 1 N–H and O–H groups in total. The summed E-state index contributed by atoms with van der Waals surface area (Å²) < 4.78 is 0. The Hall–Kier alpha value is 0.177. The lowest BCUT2D eigenvalue weighted by molar-refractivity contribution is 0.298. The first-order chi connectivity index (χ1) is 4.27. The number of hydrogen-bond donors (Lipinski definition) is 1. The maximum atomic E-state index is 3.52. The fraction of sp³-hybridized carbons (Fsp3) is 1.00. The minimum atomic E-state index is 0.532. The SMILES string of the molecule is CC1(N[SiH3])CCCCC1. The second-order valence-electron chi connectivity index (χ2n) is 3.37. The van der Waals surface area contributed by atoms with Crippen LogP contribution in [0.5, 0.6) is 0 Å². The van der Waals surface area contributed by atoms with E-state index in [1.54, 1.807) is 0 Å². The first-order valence-corrected chi connectivity index (χ1v) is 4.96. The Bertz CT molecular complexity index is 86.9. The average Bonchev–Trinajstić information content (AvgIpc) is 1.90. The van der Waals surface area contributed by atoms with Crippen LogP contribution in [0.4, 0.5) is 0 Å². The molecule has 1 aliphatic carbocycles. The van der Waals surface area contributed by atoms with E-state index in [0.717, 1.165) is 10.4 Å². The van der Waals surface area contributed by atoms with Gasteiger partial charge in [0.15, 0.2) is 0 Å². The molecule has 1 fully saturated rings.